The van der Waals surface area contributed by atoms with Crippen molar-refractivity contribution in [2.24, 2.45) is 5.73 Å². The summed E-state index contributed by atoms with van der Waals surface area (Å²) in [4.78, 5) is 24.7. The van der Waals surface area contributed by atoms with Gasteiger partial charge in [-0.25, -0.2) is 0 Å². The molecule has 1 aromatic rings. The van der Waals surface area contributed by atoms with E-state index in [-0.39, 0.29) is 12.5 Å². The molecule has 18 heavy (non-hydrogen) atoms. The number of anilines is 1. The summed E-state index contributed by atoms with van der Waals surface area (Å²) < 4.78 is 4.58. The van der Waals surface area contributed by atoms with Crippen LogP contribution >= 0.6 is 11.6 Å². The zero-order valence-electron chi connectivity index (χ0n) is 9.85. The third-order valence-corrected chi connectivity index (χ3v) is 3.11. The Kier molecular flexibility index (Phi) is 3.54. The summed E-state index contributed by atoms with van der Waals surface area (Å²) >= 11 is 5.91. The predicted molar refractivity (Wildman–Crippen MR) is 67.5 cm³/mol. The highest BCUT2D eigenvalue weighted by Crippen LogP contribution is 2.30. The lowest BCUT2D eigenvalue weighted by Crippen LogP contribution is -2.50. The fourth-order valence-corrected chi connectivity index (χ4v) is 2.13. The number of esters is 1. The molecule has 2 N–H and O–H groups in total. The average molecular weight is 269 g/mol. The molecule has 1 amide bonds. The van der Waals surface area contributed by atoms with Gasteiger partial charge >= 0.3 is 5.97 Å². The highest BCUT2D eigenvalue weighted by atomic mass is 35.5. The van der Waals surface area contributed by atoms with Crippen molar-refractivity contribution in [3.63, 3.8) is 0 Å². The van der Waals surface area contributed by atoms with E-state index in [1.807, 2.05) is 6.07 Å². The number of fused-ring (bicyclic) bond motifs is 1. The first-order valence-electron chi connectivity index (χ1n) is 5.45. The van der Waals surface area contributed by atoms with Gasteiger partial charge in [0.2, 0.25) is 5.91 Å². The van der Waals surface area contributed by atoms with Gasteiger partial charge in [0.25, 0.3) is 0 Å². The number of rotatable bonds is 2. The second kappa shape index (κ2) is 4.96. The lowest BCUT2D eigenvalue weighted by Gasteiger charge is -2.31. The number of hydrogen-bond donors (Lipinski definition) is 1. The van der Waals surface area contributed by atoms with Crippen LogP contribution in [0.15, 0.2) is 18.2 Å². The van der Waals surface area contributed by atoms with Crippen LogP contribution in [0.5, 0.6) is 0 Å². The second-order valence-corrected chi connectivity index (χ2v) is 4.52. The van der Waals surface area contributed by atoms with Crippen LogP contribution in [0.25, 0.3) is 0 Å². The molecule has 0 radical (unpaired) electrons. The van der Waals surface area contributed by atoms with Gasteiger partial charge < -0.3 is 10.5 Å². The molecule has 96 valence electrons. The molecule has 5 nitrogen and oxygen atoms in total. The zero-order valence-corrected chi connectivity index (χ0v) is 10.6. The van der Waals surface area contributed by atoms with Gasteiger partial charge in [-0.1, -0.05) is 17.7 Å². The Labute approximate surface area is 109 Å². The van der Waals surface area contributed by atoms with Gasteiger partial charge in [-0.2, -0.15) is 0 Å². The quantitative estimate of drug-likeness (QED) is 0.803. The first-order chi connectivity index (χ1) is 8.52. The van der Waals surface area contributed by atoms with E-state index in [0.717, 1.165) is 5.56 Å². The van der Waals surface area contributed by atoms with E-state index in [1.54, 1.807) is 12.1 Å². The largest absolute Gasteiger partial charge is 0.468 e. The maximum atomic E-state index is 12.0. The lowest BCUT2D eigenvalue weighted by atomic mass is 9.98. The first kappa shape index (κ1) is 12.9. The zero-order chi connectivity index (χ0) is 13.3. The molecule has 0 saturated carbocycles. The highest BCUT2D eigenvalue weighted by Gasteiger charge is 2.31. The standard InChI is InChI=1S/C12H13ClN2O3/c1-18-11(16)6-15-10-5-8(13)3-2-7(10)4-9(14)12(15)17/h2-3,5,9H,4,6,14H2,1H3. The van der Waals surface area contributed by atoms with Crippen molar-refractivity contribution < 1.29 is 14.3 Å². The van der Waals surface area contributed by atoms with Crippen molar-refractivity contribution in [3.05, 3.63) is 28.8 Å². The molecule has 0 fully saturated rings. The van der Waals surface area contributed by atoms with Gasteiger partial charge in [-0.3, -0.25) is 14.5 Å². The smallest absolute Gasteiger partial charge is 0.325 e. The van der Waals surface area contributed by atoms with Crippen molar-refractivity contribution >= 4 is 29.2 Å². The van der Waals surface area contributed by atoms with Gasteiger partial charge in [0.15, 0.2) is 0 Å². The van der Waals surface area contributed by atoms with Gasteiger partial charge in [-0.05, 0) is 24.1 Å². The Hall–Kier alpha value is -1.59. The maximum absolute atomic E-state index is 12.0. The molecule has 1 aliphatic heterocycles. The molecular formula is C12H13ClN2O3. The molecule has 0 bridgehead atoms. The van der Waals surface area contributed by atoms with E-state index in [2.05, 4.69) is 4.74 Å². The summed E-state index contributed by atoms with van der Waals surface area (Å²) in [5.74, 6) is -0.793. The van der Waals surface area contributed by atoms with Crippen molar-refractivity contribution in [2.45, 2.75) is 12.5 Å². The number of benzene rings is 1. The molecule has 1 heterocycles. The Morgan fingerprint density at radius 3 is 3.00 bits per heavy atom. The third-order valence-electron chi connectivity index (χ3n) is 2.88. The van der Waals surface area contributed by atoms with E-state index in [1.165, 1.54) is 12.0 Å². The normalized spacial score (nSPS) is 18.5. The number of methoxy groups -OCH3 is 1. The molecule has 0 aliphatic carbocycles. The summed E-state index contributed by atoms with van der Waals surface area (Å²) in [5.41, 5.74) is 7.29. The van der Waals surface area contributed by atoms with Crippen LogP contribution in [0.3, 0.4) is 0 Å². The van der Waals surface area contributed by atoms with E-state index >= 15 is 0 Å². The molecule has 1 aliphatic rings. The number of ether oxygens (including phenoxy) is 1. The average Bonchev–Trinajstić information content (AvgIpc) is 2.35. The van der Waals surface area contributed by atoms with Crippen LogP contribution in [0, 0.1) is 0 Å². The number of halogens is 1. The second-order valence-electron chi connectivity index (χ2n) is 4.08. The van der Waals surface area contributed by atoms with E-state index < -0.39 is 12.0 Å². The van der Waals surface area contributed by atoms with E-state index in [0.29, 0.717) is 17.1 Å². The monoisotopic (exact) mass is 268 g/mol. The summed E-state index contributed by atoms with van der Waals surface area (Å²) in [5, 5.41) is 0.506. The number of carbonyl (C=O) groups excluding carboxylic acids is 2. The van der Waals surface area contributed by atoms with Gasteiger partial charge in [-0.15, -0.1) is 0 Å². The van der Waals surface area contributed by atoms with Crippen LogP contribution in [-0.4, -0.2) is 31.6 Å². The van der Waals surface area contributed by atoms with Gasteiger partial charge in [0.1, 0.15) is 6.54 Å². The van der Waals surface area contributed by atoms with Gasteiger partial charge in [0, 0.05) is 10.7 Å². The van der Waals surface area contributed by atoms with E-state index in [4.69, 9.17) is 17.3 Å². The minimum absolute atomic E-state index is 0.156. The topological polar surface area (TPSA) is 72.6 Å². The molecule has 2 rings (SSSR count). The van der Waals surface area contributed by atoms with Gasteiger partial charge in [0.05, 0.1) is 13.2 Å². The Bertz CT molecular complexity index is 504. The minimum Gasteiger partial charge on any atom is -0.468 e. The van der Waals surface area contributed by atoms with Crippen molar-refractivity contribution in [1.82, 2.24) is 0 Å². The molecule has 0 spiro atoms. The SMILES string of the molecule is COC(=O)CN1C(=O)C(N)Cc2ccc(Cl)cc21. The maximum Gasteiger partial charge on any atom is 0.325 e. The van der Waals surface area contributed by atoms with E-state index in [9.17, 15) is 9.59 Å². The number of amides is 1. The van der Waals surface area contributed by atoms with Crippen LogP contribution < -0.4 is 10.6 Å². The fourth-order valence-electron chi connectivity index (χ4n) is 1.96. The number of nitrogens with zero attached hydrogens (tertiary/aromatic N) is 1. The number of hydrogen-bond acceptors (Lipinski definition) is 4. The lowest BCUT2D eigenvalue weighted by molar-refractivity contribution is -0.140. The molecule has 1 atom stereocenters. The molecular weight excluding hydrogens is 256 g/mol. The van der Waals surface area contributed by atoms with Crippen molar-refractivity contribution in [1.29, 1.82) is 0 Å². The minimum atomic E-state index is -0.636. The summed E-state index contributed by atoms with van der Waals surface area (Å²) in [7, 11) is 1.27. The Balaban J connectivity index is 2.40. The molecule has 0 aromatic heterocycles. The molecule has 1 unspecified atom stereocenters. The fraction of sp³-hybridized carbons (Fsp3) is 0.333. The van der Waals surface area contributed by atoms with Crippen molar-refractivity contribution in [3.8, 4) is 0 Å². The Morgan fingerprint density at radius 1 is 1.61 bits per heavy atom. The van der Waals surface area contributed by atoms with Crippen molar-refractivity contribution in [2.75, 3.05) is 18.6 Å². The molecule has 1 aromatic carbocycles. The number of carbonyl (C=O) groups is 2. The van der Waals surface area contributed by atoms with Crippen LogP contribution in [0.1, 0.15) is 5.56 Å². The summed E-state index contributed by atoms with van der Waals surface area (Å²) in [6.45, 7) is -0.156. The first-order valence-corrected chi connectivity index (χ1v) is 5.83. The Morgan fingerprint density at radius 2 is 2.33 bits per heavy atom. The van der Waals surface area contributed by atoms with Crippen LogP contribution in [0.4, 0.5) is 5.69 Å². The highest BCUT2D eigenvalue weighted by molar-refractivity contribution is 6.31. The molecule has 0 saturated heterocycles. The number of nitrogens with two attached hydrogens (primary N) is 1. The molecule has 6 heteroatoms. The van der Waals surface area contributed by atoms with Crippen LogP contribution in [0.2, 0.25) is 5.02 Å². The third kappa shape index (κ3) is 2.32. The summed E-state index contributed by atoms with van der Waals surface area (Å²) in [6.07, 6.45) is 0.447. The van der Waals surface area contributed by atoms with Crippen LogP contribution in [-0.2, 0) is 20.7 Å². The predicted octanol–water partition coefficient (Wildman–Crippen LogP) is 0.729. The summed E-state index contributed by atoms with van der Waals surface area (Å²) in [6, 6.07) is 4.57.